The summed E-state index contributed by atoms with van der Waals surface area (Å²) in [6, 6.07) is 1.28. The van der Waals surface area contributed by atoms with Crippen molar-refractivity contribution in [2.75, 3.05) is 19.7 Å². The molecule has 1 saturated heterocycles. The zero-order valence-corrected chi connectivity index (χ0v) is 11.6. The van der Waals surface area contributed by atoms with E-state index in [0.717, 1.165) is 24.9 Å². The summed E-state index contributed by atoms with van der Waals surface area (Å²) < 4.78 is 0. The van der Waals surface area contributed by atoms with Crippen LogP contribution in [0.25, 0.3) is 0 Å². The average Bonchev–Trinajstić information content (AvgIpc) is 2.87. The highest BCUT2D eigenvalue weighted by Gasteiger charge is 2.38. The van der Waals surface area contributed by atoms with Gasteiger partial charge in [0.2, 0.25) is 0 Å². The summed E-state index contributed by atoms with van der Waals surface area (Å²) in [6.07, 6.45) is 5.32. The van der Waals surface area contributed by atoms with Gasteiger partial charge in [0, 0.05) is 30.7 Å². The molecule has 0 aromatic heterocycles. The summed E-state index contributed by atoms with van der Waals surface area (Å²) in [6.45, 7) is 9.09. The van der Waals surface area contributed by atoms with Crippen LogP contribution < -0.4 is 5.32 Å². The van der Waals surface area contributed by atoms with Crippen LogP contribution in [0.5, 0.6) is 0 Å². The van der Waals surface area contributed by atoms with Crippen LogP contribution in [0.15, 0.2) is 0 Å². The SMILES string of the molecule is CC(C)NC(C)(CO)CCN1CC2CCC1C2. The normalized spacial score (nSPS) is 32.3. The van der Waals surface area contributed by atoms with Gasteiger partial charge in [0.25, 0.3) is 0 Å². The van der Waals surface area contributed by atoms with Crippen LogP contribution in [0.1, 0.15) is 46.5 Å². The molecule has 100 valence electrons. The van der Waals surface area contributed by atoms with Gasteiger partial charge >= 0.3 is 0 Å². The maximum absolute atomic E-state index is 9.56. The minimum atomic E-state index is -0.115. The highest BCUT2D eigenvalue weighted by molar-refractivity contribution is 4.94. The molecule has 0 aromatic carbocycles. The minimum Gasteiger partial charge on any atom is -0.394 e. The first kappa shape index (κ1) is 13.3. The quantitative estimate of drug-likeness (QED) is 0.740. The summed E-state index contributed by atoms with van der Waals surface area (Å²) in [5.41, 5.74) is -0.115. The Balaban J connectivity index is 1.79. The highest BCUT2D eigenvalue weighted by atomic mass is 16.3. The monoisotopic (exact) mass is 240 g/mol. The molecule has 0 radical (unpaired) electrons. The van der Waals surface area contributed by atoms with Crippen molar-refractivity contribution in [1.82, 2.24) is 10.2 Å². The fourth-order valence-electron chi connectivity index (χ4n) is 3.58. The van der Waals surface area contributed by atoms with Gasteiger partial charge in [-0.2, -0.15) is 0 Å². The Morgan fingerprint density at radius 2 is 2.18 bits per heavy atom. The van der Waals surface area contributed by atoms with Crippen molar-refractivity contribution in [3.8, 4) is 0 Å². The van der Waals surface area contributed by atoms with Gasteiger partial charge in [-0.05, 0) is 38.5 Å². The lowest BCUT2D eigenvalue weighted by atomic mass is 9.97. The Morgan fingerprint density at radius 3 is 2.65 bits per heavy atom. The van der Waals surface area contributed by atoms with Crippen molar-refractivity contribution in [2.24, 2.45) is 5.92 Å². The van der Waals surface area contributed by atoms with E-state index in [-0.39, 0.29) is 12.1 Å². The summed E-state index contributed by atoms with van der Waals surface area (Å²) in [4.78, 5) is 2.64. The van der Waals surface area contributed by atoms with Gasteiger partial charge in [0.15, 0.2) is 0 Å². The van der Waals surface area contributed by atoms with E-state index in [0.29, 0.717) is 6.04 Å². The number of aliphatic hydroxyl groups excluding tert-OH is 1. The fourth-order valence-corrected chi connectivity index (χ4v) is 3.58. The number of nitrogens with one attached hydrogen (secondary N) is 1. The van der Waals surface area contributed by atoms with E-state index in [4.69, 9.17) is 0 Å². The van der Waals surface area contributed by atoms with E-state index in [1.54, 1.807) is 0 Å². The van der Waals surface area contributed by atoms with Crippen molar-refractivity contribution in [3.05, 3.63) is 0 Å². The zero-order chi connectivity index (χ0) is 12.5. The third-order valence-corrected chi connectivity index (χ3v) is 4.46. The van der Waals surface area contributed by atoms with E-state index >= 15 is 0 Å². The molecule has 3 atom stereocenters. The van der Waals surface area contributed by atoms with E-state index in [1.165, 1.54) is 25.8 Å². The van der Waals surface area contributed by atoms with Crippen LogP contribution in [0.3, 0.4) is 0 Å². The van der Waals surface area contributed by atoms with Gasteiger partial charge < -0.3 is 15.3 Å². The molecule has 0 spiro atoms. The number of hydrogen-bond acceptors (Lipinski definition) is 3. The average molecular weight is 240 g/mol. The predicted molar refractivity (Wildman–Crippen MR) is 71.1 cm³/mol. The standard InChI is InChI=1S/C14H28N2O/c1-11(2)15-14(3,10-17)6-7-16-9-12-4-5-13(16)8-12/h11-13,15,17H,4-10H2,1-3H3. The lowest BCUT2D eigenvalue weighted by Gasteiger charge is -2.35. The molecule has 3 unspecified atom stereocenters. The maximum Gasteiger partial charge on any atom is 0.0611 e. The summed E-state index contributed by atoms with van der Waals surface area (Å²) in [5, 5.41) is 13.1. The predicted octanol–water partition coefficient (Wildman–Crippen LogP) is 1.61. The second-order valence-electron chi connectivity index (χ2n) is 6.60. The second kappa shape index (κ2) is 5.25. The molecule has 2 rings (SSSR count). The van der Waals surface area contributed by atoms with Crippen molar-refractivity contribution in [2.45, 2.75) is 64.1 Å². The summed E-state index contributed by atoms with van der Waals surface area (Å²) >= 11 is 0. The smallest absolute Gasteiger partial charge is 0.0611 e. The second-order valence-corrected chi connectivity index (χ2v) is 6.60. The molecule has 3 nitrogen and oxygen atoms in total. The lowest BCUT2D eigenvalue weighted by molar-refractivity contribution is 0.127. The lowest BCUT2D eigenvalue weighted by Crippen LogP contribution is -2.51. The molecule has 2 fully saturated rings. The fraction of sp³-hybridized carbons (Fsp3) is 1.00. The number of hydrogen-bond donors (Lipinski definition) is 2. The molecule has 17 heavy (non-hydrogen) atoms. The van der Waals surface area contributed by atoms with Crippen molar-refractivity contribution < 1.29 is 5.11 Å². The topological polar surface area (TPSA) is 35.5 Å². The number of piperidine rings is 1. The van der Waals surface area contributed by atoms with Gasteiger partial charge in [-0.25, -0.2) is 0 Å². The van der Waals surface area contributed by atoms with Gasteiger partial charge in [-0.1, -0.05) is 13.8 Å². The van der Waals surface area contributed by atoms with E-state index < -0.39 is 0 Å². The molecule has 2 N–H and O–H groups in total. The van der Waals surface area contributed by atoms with E-state index in [2.05, 4.69) is 31.0 Å². The van der Waals surface area contributed by atoms with Crippen LogP contribution in [0.2, 0.25) is 0 Å². The summed E-state index contributed by atoms with van der Waals surface area (Å²) in [5.74, 6) is 0.971. The molecule has 1 saturated carbocycles. The highest BCUT2D eigenvalue weighted by Crippen LogP contribution is 2.37. The molecule has 2 aliphatic rings. The Hall–Kier alpha value is -0.120. The first-order valence-corrected chi connectivity index (χ1v) is 7.15. The third kappa shape index (κ3) is 3.21. The first-order chi connectivity index (χ1) is 8.02. The first-order valence-electron chi connectivity index (χ1n) is 7.15. The van der Waals surface area contributed by atoms with Crippen molar-refractivity contribution in [1.29, 1.82) is 0 Å². The van der Waals surface area contributed by atoms with Crippen molar-refractivity contribution in [3.63, 3.8) is 0 Å². The zero-order valence-electron chi connectivity index (χ0n) is 11.6. The van der Waals surface area contributed by atoms with Crippen LogP contribution in [0.4, 0.5) is 0 Å². The van der Waals surface area contributed by atoms with Gasteiger partial charge in [0.05, 0.1) is 6.61 Å². The molecule has 1 aliphatic heterocycles. The Bertz CT molecular complexity index is 257. The third-order valence-electron chi connectivity index (χ3n) is 4.46. The van der Waals surface area contributed by atoms with Crippen molar-refractivity contribution >= 4 is 0 Å². The Morgan fingerprint density at radius 1 is 1.41 bits per heavy atom. The molecule has 2 bridgehead atoms. The molecule has 1 aliphatic carbocycles. The molecule has 3 heteroatoms. The molecule has 0 aromatic rings. The molecule has 1 heterocycles. The number of fused-ring (bicyclic) bond motifs is 2. The van der Waals surface area contributed by atoms with Gasteiger partial charge in [-0.15, -0.1) is 0 Å². The number of rotatable bonds is 6. The van der Waals surface area contributed by atoms with Crippen LogP contribution in [-0.4, -0.2) is 47.3 Å². The molecular weight excluding hydrogens is 212 g/mol. The van der Waals surface area contributed by atoms with Gasteiger partial charge in [-0.3, -0.25) is 0 Å². The largest absolute Gasteiger partial charge is 0.394 e. The maximum atomic E-state index is 9.56. The van der Waals surface area contributed by atoms with Crippen LogP contribution >= 0.6 is 0 Å². The number of likely N-dealkylation sites (tertiary alicyclic amines) is 1. The van der Waals surface area contributed by atoms with E-state index in [9.17, 15) is 5.11 Å². The number of nitrogens with zero attached hydrogens (tertiary/aromatic N) is 1. The molecule has 0 amide bonds. The number of aliphatic hydroxyl groups is 1. The van der Waals surface area contributed by atoms with E-state index in [1.807, 2.05) is 0 Å². The Labute approximate surface area is 106 Å². The summed E-state index contributed by atoms with van der Waals surface area (Å²) in [7, 11) is 0. The Kier molecular flexibility index (Phi) is 4.11. The van der Waals surface area contributed by atoms with Crippen LogP contribution in [-0.2, 0) is 0 Å². The van der Waals surface area contributed by atoms with Crippen LogP contribution in [0, 0.1) is 5.92 Å². The molecular formula is C14H28N2O. The minimum absolute atomic E-state index is 0.115. The van der Waals surface area contributed by atoms with Gasteiger partial charge in [0.1, 0.15) is 0 Å².